The standard InChI is InChI=1S/C21H34O4Si/c1-21(2,3)26(4,5)25-19-15-18(16-11-7-6-8-12-16)24-20(23)14-10-9-13-17(19)22/h6-8,11-12,17-19,22H,9-10,13-15H2,1-5H3/t17-,18-,19-/m1/s1. The molecule has 1 aromatic rings. The van der Waals surface area contributed by atoms with Gasteiger partial charge in [-0.05, 0) is 36.5 Å². The maximum atomic E-state index is 12.2. The van der Waals surface area contributed by atoms with Gasteiger partial charge in [0.2, 0.25) is 0 Å². The lowest BCUT2D eigenvalue weighted by Crippen LogP contribution is -2.47. The summed E-state index contributed by atoms with van der Waals surface area (Å²) in [4.78, 5) is 12.2. The summed E-state index contributed by atoms with van der Waals surface area (Å²) in [5, 5.41) is 10.9. The molecule has 3 atom stereocenters. The second-order valence-electron chi connectivity index (χ2n) is 8.85. The van der Waals surface area contributed by atoms with Crippen LogP contribution in [0.15, 0.2) is 30.3 Å². The highest BCUT2D eigenvalue weighted by atomic mass is 28.4. The molecule has 0 aliphatic carbocycles. The number of aliphatic hydroxyl groups excluding tert-OH is 1. The lowest BCUT2D eigenvalue weighted by molar-refractivity contribution is -0.152. The van der Waals surface area contributed by atoms with Crippen LogP contribution in [0.25, 0.3) is 0 Å². The number of ether oxygens (including phenoxy) is 1. The Labute approximate surface area is 159 Å². The average molecular weight is 379 g/mol. The minimum absolute atomic E-state index is 0.0565. The maximum absolute atomic E-state index is 12.2. The number of aliphatic hydroxyl groups is 1. The van der Waals surface area contributed by atoms with E-state index in [2.05, 4.69) is 33.9 Å². The summed E-state index contributed by atoms with van der Waals surface area (Å²) in [6, 6.07) is 9.78. The fourth-order valence-corrected chi connectivity index (χ4v) is 4.36. The SMILES string of the molecule is CC(C)(C)[Si](C)(C)O[C@@H]1C[C@H](c2ccccc2)OC(=O)CCCC[C@H]1O. The van der Waals surface area contributed by atoms with Gasteiger partial charge in [0.25, 0.3) is 0 Å². The van der Waals surface area contributed by atoms with Crippen molar-refractivity contribution in [3.8, 4) is 0 Å². The van der Waals surface area contributed by atoms with E-state index in [1.54, 1.807) is 0 Å². The highest BCUT2D eigenvalue weighted by Gasteiger charge is 2.41. The fraction of sp³-hybridized carbons (Fsp3) is 0.667. The monoisotopic (exact) mass is 378 g/mol. The van der Waals surface area contributed by atoms with Gasteiger partial charge in [0.15, 0.2) is 8.32 Å². The quantitative estimate of drug-likeness (QED) is 0.595. The molecule has 1 saturated heterocycles. The van der Waals surface area contributed by atoms with E-state index in [4.69, 9.17) is 9.16 Å². The van der Waals surface area contributed by atoms with Crippen molar-refractivity contribution in [1.82, 2.24) is 0 Å². The van der Waals surface area contributed by atoms with Gasteiger partial charge in [-0.2, -0.15) is 0 Å². The molecule has 0 radical (unpaired) electrons. The summed E-state index contributed by atoms with van der Waals surface area (Å²) in [6.07, 6.45) is 1.86. The van der Waals surface area contributed by atoms with Crippen molar-refractivity contribution in [2.24, 2.45) is 0 Å². The molecular weight excluding hydrogens is 344 g/mol. The Morgan fingerprint density at radius 1 is 1.15 bits per heavy atom. The van der Waals surface area contributed by atoms with Crippen LogP contribution >= 0.6 is 0 Å². The van der Waals surface area contributed by atoms with Gasteiger partial charge in [0, 0.05) is 12.8 Å². The Kier molecular flexibility index (Phi) is 7.05. The summed E-state index contributed by atoms with van der Waals surface area (Å²) in [7, 11) is -2.05. The smallest absolute Gasteiger partial charge is 0.306 e. The van der Waals surface area contributed by atoms with Gasteiger partial charge in [0.1, 0.15) is 6.10 Å². The lowest BCUT2D eigenvalue weighted by Gasteiger charge is -2.41. The highest BCUT2D eigenvalue weighted by Crippen LogP contribution is 2.39. The zero-order valence-electron chi connectivity index (χ0n) is 16.8. The molecule has 0 aromatic heterocycles. The van der Waals surface area contributed by atoms with Crippen molar-refractivity contribution in [1.29, 1.82) is 0 Å². The number of rotatable bonds is 3. The molecule has 4 nitrogen and oxygen atoms in total. The summed E-state index contributed by atoms with van der Waals surface area (Å²) in [5.41, 5.74) is 0.956. The second kappa shape index (κ2) is 8.68. The van der Waals surface area contributed by atoms with Crippen LogP contribution in [0.1, 0.15) is 64.5 Å². The first kappa shape index (κ1) is 21.1. The molecule has 146 valence electrons. The van der Waals surface area contributed by atoms with Crippen molar-refractivity contribution < 1.29 is 19.1 Å². The Morgan fingerprint density at radius 3 is 2.42 bits per heavy atom. The highest BCUT2D eigenvalue weighted by molar-refractivity contribution is 6.74. The third kappa shape index (κ3) is 5.66. The van der Waals surface area contributed by atoms with Gasteiger partial charge in [-0.15, -0.1) is 0 Å². The van der Waals surface area contributed by atoms with Gasteiger partial charge < -0.3 is 14.3 Å². The van der Waals surface area contributed by atoms with Gasteiger partial charge in [-0.25, -0.2) is 0 Å². The van der Waals surface area contributed by atoms with E-state index < -0.39 is 14.4 Å². The number of hydrogen-bond acceptors (Lipinski definition) is 4. The number of cyclic esters (lactones) is 1. The number of carbonyl (C=O) groups excluding carboxylic acids is 1. The van der Waals surface area contributed by atoms with E-state index >= 15 is 0 Å². The zero-order valence-corrected chi connectivity index (χ0v) is 17.8. The number of benzene rings is 1. The van der Waals surface area contributed by atoms with Crippen LogP contribution in [0, 0.1) is 0 Å². The van der Waals surface area contributed by atoms with Crippen molar-refractivity contribution in [3.63, 3.8) is 0 Å². The molecule has 0 amide bonds. The number of esters is 1. The number of hydrogen-bond donors (Lipinski definition) is 1. The molecule has 1 N–H and O–H groups in total. The molecule has 0 bridgehead atoms. The van der Waals surface area contributed by atoms with Crippen molar-refractivity contribution in [2.75, 3.05) is 0 Å². The van der Waals surface area contributed by atoms with Gasteiger partial charge in [-0.3, -0.25) is 4.79 Å². The van der Waals surface area contributed by atoms with E-state index in [9.17, 15) is 9.90 Å². The van der Waals surface area contributed by atoms with E-state index in [-0.39, 0.29) is 23.2 Å². The van der Waals surface area contributed by atoms with Crippen LogP contribution in [-0.2, 0) is 14.0 Å². The Balaban J connectivity index is 2.28. The molecule has 1 fully saturated rings. The van der Waals surface area contributed by atoms with Crippen LogP contribution in [-0.4, -0.2) is 31.6 Å². The molecule has 26 heavy (non-hydrogen) atoms. The van der Waals surface area contributed by atoms with Gasteiger partial charge in [0.05, 0.1) is 12.2 Å². The fourth-order valence-electron chi connectivity index (χ4n) is 3.00. The normalized spacial score (nSPS) is 26.2. The molecule has 1 heterocycles. The van der Waals surface area contributed by atoms with Crippen LogP contribution in [0.4, 0.5) is 0 Å². The summed E-state index contributed by atoms with van der Waals surface area (Å²) >= 11 is 0. The average Bonchev–Trinajstić information content (AvgIpc) is 2.56. The van der Waals surface area contributed by atoms with E-state index in [0.29, 0.717) is 19.3 Å². The van der Waals surface area contributed by atoms with Crippen LogP contribution in [0.2, 0.25) is 18.1 Å². The Hall–Kier alpha value is -1.17. The third-order valence-corrected chi connectivity index (χ3v) is 10.2. The summed E-state index contributed by atoms with van der Waals surface area (Å²) in [6.45, 7) is 11.0. The minimum atomic E-state index is -2.05. The molecule has 1 aliphatic heterocycles. The second-order valence-corrected chi connectivity index (χ2v) is 13.6. The maximum Gasteiger partial charge on any atom is 0.306 e. The number of carbonyl (C=O) groups is 1. The van der Waals surface area contributed by atoms with E-state index in [1.165, 1.54) is 0 Å². The first-order valence-electron chi connectivity index (χ1n) is 9.70. The molecule has 5 heteroatoms. The molecular formula is C21H34O4Si. The topological polar surface area (TPSA) is 55.8 Å². The minimum Gasteiger partial charge on any atom is -0.457 e. The van der Waals surface area contributed by atoms with Crippen LogP contribution < -0.4 is 0 Å². The third-order valence-electron chi connectivity index (χ3n) is 5.70. The van der Waals surface area contributed by atoms with Gasteiger partial charge >= 0.3 is 5.97 Å². The van der Waals surface area contributed by atoms with Crippen molar-refractivity contribution >= 4 is 14.3 Å². The van der Waals surface area contributed by atoms with Crippen LogP contribution in [0.5, 0.6) is 0 Å². The van der Waals surface area contributed by atoms with E-state index in [1.807, 2.05) is 30.3 Å². The molecule has 0 unspecified atom stereocenters. The predicted octanol–water partition coefficient (Wildman–Crippen LogP) is 4.99. The molecule has 1 aromatic carbocycles. The zero-order chi connectivity index (χ0) is 19.4. The molecule has 2 rings (SSSR count). The Morgan fingerprint density at radius 2 is 1.81 bits per heavy atom. The summed E-state index contributed by atoms with van der Waals surface area (Å²) in [5.74, 6) is -0.165. The lowest BCUT2D eigenvalue weighted by atomic mass is 9.96. The molecule has 1 aliphatic rings. The van der Waals surface area contributed by atoms with Crippen LogP contribution in [0.3, 0.4) is 0 Å². The van der Waals surface area contributed by atoms with Crippen molar-refractivity contribution in [3.05, 3.63) is 35.9 Å². The van der Waals surface area contributed by atoms with E-state index in [0.717, 1.165) is 18.4 Å². The first-order valence-corrected chi connectivity index (χ1v) is 12.6. The van der Waals surface area contributed by atoms with Crippen molar-refractivity contribution in [2.45, 2.75) is 89.3 Å². The molecule has 0 saturated carbocycles. The Bertz CT molecular complexity index is 579. The largest absolute Gasteiger partial charge is 0.457 e. The van der Waals surface area contributed by atoms with Gasteiger partial charge in [-0.1, -0.05) is 57.5 Å². The predicted molar refractivity (Wildman–Crippen MR) is 106 cm³/mol. The first-order chi connectivity index (χ1) is 12.1. The molecule has 0 spiro atoms. The summed E-state index contributed by atoms with van der Waals surface area (Å²) < 4.78 is 12.3.